The van der Waals surface area contributed by atoms with Crippen molar-refractivity contribution in [2.75, 3.05) is 36.9 Å². The molecule has 1 aliphatic heterocycles. The molecule has 1 fully saturated rings. The van der Waals surface area contributed by atoms with E-state index in [1.807, 2.05) is 54.1 Å². The van der Waals surface area contributed by atoms with E-state index in [-0.39, 0.29) is 11.2 Å². The van der Waals surface area contributed by atoms with Crippen LogP contribution in [0.2, 0.25) is 0 Å². The Morgan fingerprint density at radius 3 is 2.45 bits per heavy atom. The van der Waals surface area contributed by atoms with E-state index in [1.54, 1.807) is 6.07 Å². The van der Waals surface area contributed by atoms with Crippen molar-refractivity contribution in [3.63, 3.8) is 0 Å². The van der Waals surface area contributed by atoms with E-state index in [2.05, 4.69) is 55.0 Å². The second kappa shape index (κ2) is 11.6. The Balaban J connectivity index is 1.35. The van der Waals surface area contributed by atoms with Gasteiger partial charge in [-0.15, -0.1) is 0 Å². The lowest BCUT2D eigenvalue weighted by molar-refractivity contribution is 0.184. The van der Waals surface area contributed by atoms with Crippen molar-refractivity contribution in [2.24, 2.45) is 0 Å². The Hall–Kier alpha value is -3.97. The van der Waals surface area contributed by atoms with Crippen LogP contribution in [0.3, 0.4) is 0 Å². The van der Waals surface area contributed by atoms with E-state index in [0.29, 0.717) is 12.4 Å². The molecule has 5 rings (SSSR count). The summed E-state index contributed by atoms with van der Waals surface area (Å²) in [7, 11) is 0. The van der Waals surface area contributed by atoms with Crippen molar-refractivity contribution in [3.8, 4) is 17.2 Å². The summed E-state index contributed by atoms with van der Waals surface area (Å²) in [4.78, 5) is 2.49. The minimum atomic E-state index is -0.150. The van der Waals surface area contributed by atoms with Crippen LogP contribution in [0.15, 0.2) is 73.1 Å². The lowest BCUT2D eigenvalue weighted by atomic mass is 9.92. The molecule has 0 unspecified atom stereocenters. The number of aromatic nitrogens is 2. The minimum absolute atomic E-state index is 0.150. The first-order chi connectivity index (χ1) is 19.2. The second-order valence-electron chi connectivity index (χ2n) is 11.7. The summed E-state index contributed by atoms with van der Waals surface area (Å²) in [5.74, 6) is 2.50. The van der Waals surface area contributed by atoms with Gasteiger partial charge in [-0.2, -0.15) is 5.10 Å². The van der Waals surface area contributed by atoms with Gasteiger partial charge in [-0.25, -0.2) is 4.68 Å². The first kappa shape index (κ1) is 27.6. The Morgan fingerprint density at radius 2 is 1.73 bits per heavy atom. The number of anilines is 2. The second-order valence-corrected chi connectivity index (χ2v) is 11.7. The first-order valence-electron chi connectivity index (χ1n) is 14.2. The zero-order valence-corrected chi connectivity index (χ0v) is 24.1. The van der Waals surface area contributed by atoms with Gasteiger partial charge < -0.3 is 20.5 Å². The summed E-state index contributed by atoms with van der Waals surface area (Å²) < 4.78 is 8.06. The number of nitrogens with one attached hydrogen (secondary N) is 2. The molecule has 0 amide bonds. The number of likely N-dealkylation sites (tertiary alicyclic amines) is 1. The van der Waals surface area contributed by atoms with Crippen LogP contribution < -0.4 is 15.4 Å². The number of ether oxygens (including phenoxy) is 1. The maximum absolute atomic E-state index is 10.3. The highest BCUT2D eigenvalue weighted by atomic mass is 16.5. The van der Waals surface area contributed by atoms with Crippen LogP contribution in [0.25, 0.3) is 16.5 Å². The highest BCUT2D eigenvalue weighted by Crippen LogP contribution is 2.33. The third kappa shape index (κ3) is 6.26. The molecule has 3 N–H and O–H groups in total. The Morgan fingerprint density at radius 1 is 0.975 bits per heavy atom. The molecule has 4 aromatic rings. The number of phenols is 1. The van der Waals surface area contributed by atoms with Crippen molar-refractivity contribution in [1.29, 1.82) is 0 Å². The molecular weight excluding hydrogens is 498 g/mol. The zero-order valence-electron chi connectivity index (χ0n) is 24.1. The molecule has 40 heavy (non-hydrogen) atoms. The molecule has 1 saturated heterocycles. The summed E-state index contributed by atoms with van der Waals surface area (Å²) in [5, 5.41) is 24.2. The molecule has 0 saturated carbocycles. The third-order valence-corrected chi connectivity index (χ3v) is 7.48. The average Bonchev–Trinajstić information content (AvgIpc) is 3.36. The predicted octanol–water partition coefficient (Wildman–Crippen LogP) is 7.20. The number of fused-ring (bicyclic) bond motifs is 1. The lowest BCUT2D eigenvalue weighted by Gasteiger charge is -2.26. The molecule has 2 heterocycles. The fourth-order valence-electron chi connectivity index (χ4n) is 5.09. The SMILES string of the molecule is C=C(Nc1ccc(OCCN2CCCCC2)c2ccccc12)Nc1cc(C(C)(C)C)nn1-c1ccc(C)c(O)c1. The maximum Gasteiger partial charge on any atom is 0.135 e. The number of aryl methyl sites for hydroxylation is 1. The predicted molar refractivity (Wildman–Crippen MR) is 165 cm³/mol. The van der Waals surface area contributed by atoms with Gasteiger partial charge in [0, 0.05) is 40.6 Å². The number of aromatic hydroxyl groups is 1. The van der Waals surface area contributed by atoms with Crippen LogP contribution in [-0.2, 0) is 5.41 Å². The van der Waals surface area contributed by atoms with Gasteiger partial charge >= 0.3 is 0 Å². The summed E-state index contributed by atoms with van der Waals surface area (Å²) in [6.07, 6.45) is 3.91. The van der Waals surface area contributed by atoms with E-state index in [4.69, 9.17) is 9.84 Å². The summed E-state index contributed by atoms with van der Waals surface area (Å²) in [6, 6.07) is 20.0. The van der Waals surface area contributed by atoms with Crippen LogP contribution >= 0.6 is 0 Å². The highest BCUT2D eigenvalue weighted by Gasteiger charge is 2.21. The quantitative estimate of drug-likeness (QED) is 0.209. The van der Waals surface area contributed by atoms with Gasteiger partial charge in [0.2, 0.25) is 0 Å². The van der Waals surface area contributed by atoms with Gasteiger partial charge in [0.1, 0.15) is 29.7 Å². The van der Waals surface area contributed by atoms with Crippen molar-refractivity contribution >= 4 is 22.3 Å². The summed E-state index contributed by atoms with van der Waals surface area (Å²) in [6.45, 7) is 16.5. The normalized spacial score (nSPS) is 14.3. The van der Waals surface area contributed by atoms with Gasteiger partial charge in [0.15, 0.2) is 0 Å². The third-order valence-electron chi connectivity index (χ3n) is 7.48. The number of benzene rings is 3. The van der Waals surface area contributed by atoms with Crippen molar-refractivity contribution < 1.29 is 9.84 Å². The van der Waals surface area contributed by atoms with Crippen molar-refractivity contribution in [2.45, 2.75) is 52.4 Å². The molecule has 0 spiro atoms. The molecule has 0 atom stereocenters. The molecule has 3 aromatic carbocycles. The average molecular weight is 540 g/mol. The van der Waals surface area contributed by atoms with Gasteiger partial charge in [0.25, 0.3) is 0 Å². The number of nitrogens with zero attached hydrogens (tertiary/aromatic N) is 3. The van der Waals surface area contributed by atoms with E-state index < -0.39 is 0 Å². The molecular formula is C33H41N5O2. The van der Waals surface area contributed by atoms with Crippen LogP contribution in [0.5, 0.6) is 11.5 Å². The molecule has 7 nitrogen and oxygen atoms in total. The van der Waals surface area contributed by atoms with Crippen LogP contribution in [0.1, 0.15) is 51.3 Å². The highest BCUT2D eigenvalue weighted by molar-refractivity contribution is 5.98. The number of hydrogen-bond acceptors (Lipinski definition) is 6. The molecule has 7 heteroatoms. The van der Waals surface area contributed by atoms with Crippen LogP contribution in [0.4, 0.5) is 11.5 Å². The molecule has 1 aromatic heterocycles. The van der Waals surface area contributed by atoms with E-state index in [0.717, 1.165) is 51.5 Å². The molecule has 0 aliphatic carbocycles. The fourth-order valence-corrected chi connectivity index (χ4v) is 5.09. The lowest BCUT2D eigenvalue weighted by Crippen LogP contribution is -2.33. The van der Waals surface area contributed by atoms with Crippen molar-refractivity contribution in [1.82, 2.24) is 14.7 Å². The topological polar surface area (TPSA) is 74.6 Å². The van der Waals surface area contributed by atoms with E-state index in [9.17, 15) is 5.11 Å². The Kier molecular flexibility index (Phi) is 8.03. The minimum Gasteiger partial charge on any atom is -0.508 e. The Bertz CT molecular complexity index is 1490. The Labute approximate surface area is 237 Å². The zero-order chi connectivity index (χ0) is 28.3. The van der Waals surface area contributed by atoms with Crippen LogP contribution in [-0.4, -0.2) is 46.0 Å². The molecule has 0 radical (unpaired) electrons. The first-order valence-corrected chi connectivity index (χ1v) is 14.2. The molecule has 0 bridgehead atoms. The summed E-state index contributed by atoms with van der Waals surface area (Å²) >= 11 is 0. The smallest absolute Gasteiger partial charge is 0.135 e. The fraction of sp³-hybridized carbons (Fsp3) is 0.364. The monoisotopic (exact) mass is 539 g/mol. The summed E-state index contributed by atoms with van der Waals surface area (Å²) in [5.41, 5.74) is 3.30. The van der Waals surface area contributed by atoms with Gasteiger partial charge in [-0.3, -0.25) is 4.90 Å². The standard InChI is InChI=1S/C33H41N5O2/c1-23-13-14-25(21-29(23)39)38-32(22-31(36-38)33(3,4)5)35-24(2)34-28-15-16-30(27-12-8-7-11-26(27)28)40-20-19-37-17-9-6-10-18-37/h7-8,11-16,21-22,34-35,39H,2,6,9-10,17-20H2,1,3-5H3. The van der Waals surface area contributed by atoms with Crippen LogP contribution in [0, 0.1) is 6.92 Å². The van der Waals surface area contributed by atoms with Gasteiger partial charge in [-0.1, -0.05) is 64.1 Å². The van der Waals surface area contributed by atoms with Gasteiger partial charge in [-0.05, 0) is 56.6 Å². The largest absolute Gasteiger partial charge is 0.508 e. The van der Waals surface area contributed by atoms with Gasteiger partial charge in [0.05, 0.1) is 11.4 Å². The van der Waals surface area contributed by atoms with E-state index in [1.165, 1.54) is 32.4 Å². The number of piperidine rings is 1. The van der Waals surface area contributed by atoms with E-state index >= 15 is 0 Å². The number of phenolic OH excluding ortho intramolecular Hbond substituents is 1. The maximum atomic E-state index is 10.3. The number of hydrogen-bond donors (Lipinski definition) is 3. The molecule has 210 valence electrons. The number of rotatable bonds is 9. The van der Waals surface area contributed by atoms with Crippen molar-refractivity contribution in [3.05, 3.63) is 84.3 Å². The molecule has 1 aliphatic rings.